The highest BCUT2D eigenvalue weighted by molar-refractivity contribution is 6.03. The first kappa shape index (κ1) is 11.3. The first-order chi connectivity index (χ1) is 8.08. The van der Waals surface area contributed by atoms with Gasteiger partial charge in [0, 0.05) is 17.5 Å². The van der Waals surface area contributed by atoms with Crippen LogP contribution in [0.15, 0.2) is 18.5 Å². The van der Waals surface area contributed by atoms with Gasteiger partial charge in [0.25, 0.3) is 5.91 Å². The minimum Gasteiger partial charge on any atom is -0.305 e. The number of carbonyl (C=O) groups is 1. The number of rotatable bonds is 2. The molecule has 0 aliphatic rings. The van der Waals surface area contributed by atoms with Gasteiger partial charge in [-0.2, -0.15) is 5.10 Å². The molecule has 0 fully saturated rings. The monoisotopic (exact) mass is 234 g/mol. The Kier molecular flexibility index (Phi) is 2.86. The molecule has 0 spiro atoms. The topological polar surface area (TPSA) is 70.7 Å². The zero-order chi connectivity index (χ0) is 12.4. The number of halogens is 1. The minimum atomic E-state index is -0.549. The van der Waals surface area contributed by atoms with Crippen molar-refractivity contribution in [2.75, 3.05) is 5.32 Å². The molecule has 2 N–H and O–H groups in total. The Morgan fingerprint density at radius 3 is 2.76 bits per heavy atom. The molecule has 0 aromatic carbocycles. The average Bonchev–Trinajstić information content (AvgIpc) is 2.61. The summed E-state index contributed by atoms with van der Waals surface area (Å²) in [5.74, 6) is -0.545. The number of aromatic amines is 1. The van der Waals surface area contributed by atoms with Gasteiger partial charge in [-0.05, 0) is 19.9 Å². The summed E-state index contributed by atoms with van der Waals surface area (Å²) in [5.41, 5.74) is 1.88. The van der Waals surface area contributed by atoms with Gasteiger partial charge in [-0.15, -0.1) is 0 Å². The van der Waals surface area contributed by atoms with Crippen LogP contribution in [0.5, 0.6) is 0 Å². The van der Waals surface area contributed by atoms with Crippen LogP contribution in [0.25, 0.3) is 0 Å². The van der Waals surface area contributed by atoms with E-state index in [1.54, 1.807) is 0 Å². The summed E-state index contributed by atoms with van der Waals surface area (Å²) in [7, 11) is 0. The van der Waals surface area contributed by atoms with E-state index in [1.807, 2.05) is 13.8 Å². The molecule has 6 heteroatoms. The van der Waals surface area contributed by atoms with Gasteiger partial charge in [0.05, 0.1) is 11.8 Å². The second-order valence-corrected chi connectivity index (χ2v) is 3.67. The summed E-state index contributed by atoms with van der Waals surface area (Å²) in [6.07, 6.45) is 2.34. The van der Waals surface area contributed by atoms with Gasteiger partial charge in [-0.25, -0.2) is 4.39 Å². The van der Waals surface area contributed by atoms with Crippen molar-refractivity contribution in [3.63, 3.8) is 0 Å². The molecule has 17 heavy (non-hydrogen) atoms. The molecule has 0 aliphatic carbocycles. The lowest BCUT2D eigenvalue weighted by molar-refractivity contribution is 0.102. The summed E-state index contributed by atoms with van der Waals surface area (Å²) in [6, 6.07) is 1.12. The van der Waals surface area contributed by atoms with Gasteiger partial charge in [0.15, 0.2) is 5.82 Å². The predicted octanol–water partition coefficient (Wildman–Crippen LogP) is 1.81. The summed E-state index contributed by atoms with van der Waals surface area (Å²) >= 11 is 0. The number of anilines is 1. The van der Waals surface area contributed by atoms with Crippen LogP contribution in [0, 0.1) is 19.7 Å². The fourth-order valence-electron chi connectivity index (χ4n) is 1.32. The third-order valence-electron chi connectivity index (χ3n) is 2.45. The van der Waals surface area contributed by atoms with Crippen LogP contribution >= 0.6 is 0 Å². The molecule has 0 atom stereocenters. The summed E-state index contributed by atoms with van der Waals surface area (Å²) in [6.45, 7) is 3.68. The molecule has 2 rings (SSSR count). The average molecular weight is 234 g/mol. The van der Waals surface area contributed by atoms with Crippen molar-refractivity contribution in [2.24, 2.45) is 0 Å². The largest absolute Gasteiger partial charge is 0.305 e. The molecule has 2 heterocycles. The van der Waals surface area contributed by atoms with E-state index in [0.717, 1.165) is 23.5 Å². The molecule has 1 amide bonds. The Labute approximate surface area is 97.1 Å². The molecule has 0 unspecified atom stereocenters. The first-order valence-electron chi connectivity index (χ1n) is 5.01. The number of nitrogens with zero attached hydrogens (tertiary/aromatic N) is 2. The third kappa shape index (κ3) is 2.30. The Morgan fingerprint density at radius 2 is 2.18 bits per heavy atom. The molecule has 0 saturated heterocycles. The van der Waals surface area contributed by atoms with Crippen molar-refractivity contribution in [3.05, 3.63) is 41.1 Å². The Bertz CT molecular complexity index is 564. The number of aryl methyl sites for hydroxylation is 1. The van der Waals surface area contributed by atoms with Gasteiger partial charge in [-0.3, -0.25) is 14.9 Å². The highest BCUT2D eigenvalue weighted by atomic mass is 19.1. The van der Waals surface area contributed by atoms with E-state index in [-0.39, 0.29) is 5.56 Å². The number of hydrogen-bond donors (Lipinski definition) is 2. The molecule has 0 radical (unpaired) electrons. The van der Waals surface area contributed by atoms with Crippen LogP contribution in [-0.2, 0) is 0 Å². The standard InChI is InChI=1S/C11H11FN4O/c1-6-7(2)15-16-10(6)14-11(17)8-3-9(12)5-13-4-8/h3-5H,1-2H3,(H2,14,15,16,17). The third-order valence-corrected chi connectivity index (χ3v) is 2.45. The van der Waals surface area contributed by atoms with E-state index in [2.05, 4.69) is 20.5 Å². The van der Waals surface area contributed by atoms with E-state index < -0.39 is 11.7 Å². The number of amides is 1. The van der Waals surface area contributed by atoms with Crippen molar-refractivity contribution in [1.82, 2.24) is 15.2 Å². The minimum absolute atomic E-state index is 0.157. The normalized spacial score (nSPS) is 10.3. The van der Waals surface area contributed by atoms with Crippen LogP contribution in [0.4, 0.5) is 10.2 Å². The fourth-order valence-corrected chi connectivity index (χ4v) is 1.32. The zero-order valence-corrected chi connectivity index (χ0v) is 9.41. The Balaban J connectivity index is 2.20. The van der Waals surface area contributed by atoms with Gasteiger partial charge in [-0.1, -0.05) is 0 Å². The second-order valence-electron chi connectivity index (χ2n) is 3.67. The quantitative estimate of drug-likeness (QED) is 0.832. The van der Waals surface area contributed by atoms with Gasteiger partial charge in [0.2, 0.25) is 0 Å². The Morgan fingerprint density at radius 1 is 1.41 bits per heavy atom. The lowest BCUT2D eigenvalue weighted by Crippen LogP contribution is -2.13. The van der Waals surface area contributed by atoms with Crippen LogP contribution in [0.1, 0.15) is 21.6 Å². The molecule has 0 saturated carbocycles. The molecule has 2 aromatic rings. The number of carbonyl (C=O) groups excluding carboxylic acids is 1. The molecule has 5 nitrogen and oxygen atoms in total. The van der Waals surface area contributed by atoms with E-state index in [1.165, 1.54) is 6.20 Å². The lowest BCUT2D eigenvalue weighted by Gasteiger charge is -2.02. The fraction of sp³-hybridized carbons (Fsp3) is 0.182. The van der Waals surface area contributed by atoms with Gasteiger partial charge < -0.3 is 5.32 Å². The van der Waals surface area contributed by atoms with Crippen molar-refractivity contribution in [3.8, 4) is 0 Å². The maximum Gasteiger partial charge on any atom is 0.258 e. The van der Waals surface area contributed by atoms with E-state index in [0.29, 0.717) is 5.82 Å². The van der Waals surface area contributed by atoms with Crippen molar-refractivity contribution in [1.29, 1.82) is 0 Å². The van der Waals surface area contributed by atoms with Crippen LogP contribution in [0.2, 0.25) is 0 Å². The van der Waals surface area contributed by atoms with Crippen molar-refractivity contribution >= 4 is 11.7 Å². The number of nitrogens with one attached hydrogen (secondary N) is 2. The molecular weight excluding hydrogens is 223 g/mol. The molecule has 0 aliphatic heterocycles. The van der Waals surface area contributed by atoms with Gasteiger partial charge in [0.1, 0.15) is 5.82 Å². The Hall–Kier alpha value is -2.24. The van der Waals surface area contributed by atoms with E-state index in [4.69, 9.17) is 0 Å². The maximum absolute atomic E-state index is 12.9. The SMILES string of the molecule is Cc1[nH]nc(NC(=O)c2cncc(F)c2)c1C. The van der Waals surface area contributed by atoms with Crippen LogP contribution in [0.3, 0.4) is 0 Å². The first-order valence-corrected chi connectivity index (χ1v) is 5.01. The maximum atomic E-state index is 12.9. The van der Waals surface area contributed by atoms with E-state index >= 15 is 0 Å². The van der Waals surface area contributed by atoms with Gasteiger partial charge >= 0.3 is 0 Å². The number of H-pyrrole nitrogens is 1. The van der Waals surface area contributed by atoms with Crippen molar-refractivity contribution in [2.45, 2.75) is 13.8 Å². The van der Waals surface area contributed by atoms with Crippen LogP contribution in [-0.4, -0.2) is 21.1 Å². The predicted molar refractivity (Wildman–Crippen MR) is 60.2 cm³/mol. The smallest absolute Gasteiger partial charge is 0.258 e. The second kappa shape index (κ2) is 4.32. The zero-order valence-electron chi connectivity index (χ0n) is 9.41. The van der Waals surface area contributed by atoms with Crippen molar-refractivity contribution < 1.29 is 9.18 Å². The summed E-state index contributed by atoms with van der Waals surface area (Å²) < 4.78 is 12.9. The molecule has 0 bridgehead atoms. The molecular formula is C11H11FN4O. The van der Waals surface area contributed by atoms with E-state index in [9.17, 15) is 9.18 Å². The lowest BCUT2D eigenvalue weighted by atomic mass is 10.2. The summed E-state index contributed by atoms with van der Waals surface area (Å²) in [4.78, 5) is 15.4. The molecule has 2 aromatic heterocycles. The number of aromatic nitrogens is 3. The van der Waals surface area contributed by atoms with Crippen LogP contribution < -0.4 is 5.32 Å². The summed E-state index contributed by atoms with van der Waals surface area (Å²) in [5, 5.41) is 9.27. The highest BCUT2D eigenvalue weighted by Crippen LogP contribution is 2.14. The number of pyridine rings is 1. The number of hydrogen-bond acceptors (Lipinski definition) is 3. The highest BCUT2D eigenvalue weighted by Gasteiger charge is 2.12. The molecule has 88 valence electrons.